The van der Waals surface area contributed by atoms with Gasteiger partial charge < -0.3 is 14.8 Å². The number of hydrogen-bond acceptors (Lipinski definition) is 2. The molecular weight excluding hydrogens is 298 g/mol. The van der Waals surface area contributed by atoms with Crippen LogP contribution in [0.25, 0.3) is 0 Å². The first kappa shape index (κ1) is 19.3. The molecule has 3 nitrogen and oxygen atoms in total. The highest BCUT2D eigenvalue weighted by Gasteiger charge is 2.44. The maximum Gasteiger partial charge on any atom is 0.118 e. The van der Waals surface area contributed by atoms with E-state index in [-0.39, 0.29) is 5.60 Å². The van der Waals surface area contributed by atoms with Crippen LogP contribution in [0.2, 0.25) is 0 Å². The SMILES string of the molecule is CC[C@]1(C)C[C@](CC[NH2+]Cc2ccc(OC)cc2)(C(C)C)CCO1. The van der Waals surface area contributed by atoms with E-state index in [1.165, 1.54) is 31.4 Å². The van der Waals surface area contributed by atoms with E-state index < -0.39 is 0 Å². The number of methoxy groups -OCH3 is 1. The molecule has 0 radical (unpaired) electrons. The van der Waals surface area contributed by atoms with E-state index in [1.807, 2.05) is 12.1 Å². The van der Waals surface area contributed by atoms with Gasteiger partial charge in [0.05, 0.1) is 19.3 Å². The lowest BCUT2D eigenvalue weighted by Crippen LogP contribution is -2.83. The van der Waals surface area contributed by atoms with Gasteiger partial charge in [0.1, 0.15) is 12.3 Å². The first-order valence-electron chi connectivity index (χ1n) is 9.51. The molecule has 1 fully saturated rings. The van der Waals surface area contributed by atoms with Crippen LogP contribution >= 0.6 is 0 Å². The highest BCUT2D eigenvalue weighted by molar-refractivity contribution is 5.26. The zero-order valence-corrected chi connectivity index (χ0v) is 16.2. The van der Waals surface area contributed by atoms with Crippen LogP contribution in [0.5, 0.6) is 5.75 Å². The average Bonchev–Trinajstić information content (AvgIpc) is 2.59. The summed E-state index contributed by atoms with van der Waals surface area (Å²) < 4.78 is 11.3. The van der Waals surface area contributed by atoms with Gasteiger partial charge >= 0.3 is 0 Å². The van der Waals surface area contributed by atoms with Crippen molar-refractivity contribution in [1.82, 2.24) is 0 Å². The Balaban J connectivity index is 1.87. The number of hydrogen-bond donors (Lipinski definition) is 1. The molecule has 0 saturated carbocycles. The van der Waals surface area contributed by atoms with Crippen LogP contribution < -0.4 is 10.1 Å². The van der Waals surface area contributed by atoms with Crippen molar-refractivity contribution in [3.8, 4) is 5.75 Å². The van der Waals surface area contributed by atoms with E-state index >= 15 is 0 Å². The number of benzene rings is 1. The molecule has 0 amide bonds. The number of nitrogens with two attached hydrogens (primary N) is 1. The molecule has 1 aliphatic heterocycles. The minimum atomic E-state index is 0.0680. The first-order valence-corrected chi connectivity index (χ1v) is 9.51. The molecular formula is C21H36NO2+. The van der Waals surface area contributed by atoms with E-state index in [4.69, 9.17) is 9.47 Å². The molecule has 3 heteroatoms. The van der Waals surface area contributed by atoms with Crippen LogP contribution in [0.3, 0.4) is 0 Å². The van der Waals surface area contributed by atoms with Gasteiger partial charge in [-0.1, -0.05) is 20.8 Å². The zero-order chi connectivity index (χ0) is 17.6. The van der Waals surface area contributed by atoms with Crippen molar-refractivity contribution in [2.75, 3.05) is 20.3 Å². The van der Waals surface area contributed by atoms with E-state index in [0.29, 0.717) is 11.3 Å². The maximum atomic E-state index is 6.10. The summed E-state index contributed by atoms with van der Waals surface area (Å²) in [6, 6.07) is 8.42. The lowest BCUT2D eigenvalue weighted by Gasteiger charge is -2.48. The summed E-state index contributed by atoms with van der Waals surface area (Å²) in [6.45, 7) is 12.5. The summed E-state index contributed by atoms with van der Waals surface area (Å²) >= 11 is 0. The van der Waals surface area contributed by atoms with Gasteiger partial charge in [0.2, 0.25) is 0 Å². The Hall–Kier alpha value is -1.06. The minimum absolute atomic E-state index is 0.0680. The number of rotatable bonds is 8. The fourth-order valence-corrected chi connectivity index (χ4v) is 4.03. The smallest absolute Gasteiger partial charge is 0.118 e. The lowest BCUT2D eigenvalue weighted by molar-refractivity contribution is -0.672. The summed E-state index contributed by atoms with van der Waals surface area (Å²) in [5, 5.41) is 2.45. The van der Waals surface area contributed by atoms with Gasteiger partial charge in [0, 0.05) is 18.6 Å². The van der Waals surface area contributed by atoms with Crippen LogP contribution in [0.15, 0.2) is 24.3 Å². The van der Waals surface area contributed by atoms with Gasteiger partial charge in [-0.3, -0.25) is 0 Å². The largest absolute Gasteiger partial charge is 0.497 e. The fraction of sp³-hybridized carbons (Fsp3) is 0.714. The van der Waals surface area contributed by atoms with E-state index in [0.717, 1.165) is 25.3 Å². The third-order valence-electron chi connectivity index (χ3n) is 6.13. The van der Waals surface area contributed by atoms with Gasteiger partial charge in [0.15, 0.2) is 0 Å². The lowest BCUT2D eigenvalue weighted by atomic mass is 9.64. The van der Waals surface area contributed by atoms with Crippen molar-refractivity contribution in [1.29, 1.82) is 0 Å². The van der Waals surface area contributed by atoms with Crippen LogP contribution in [-0.2, 0) is 11.3 Å². The van der Waals surface area contributed by atoms with Crippen molar-refractivity contribution in [2.24, 2.45) is 11.3 Å². The normalized spacial score (nSPS) is 27.4. The van der Waals surface area contributed by atoms with Gasteiger partial charge in [-0.05, 0) is 61.8 Å². The molecule has 2 rings (SSSR count). The molecule has 0 spiro atoms. The van der Waals surface area contributed by atoms with Gasteiger partial charge in [-0.15, -0.1) is 0 Å². The van der Waals surface area contributed by atoms with Gasteiger partial charge in [0.25, 0.3) is 0 Å². The van der Waals surface area contributed by atoms with Crippen molar-refractivity contribution in [2.45, 2.75) is 65.5 Å². The Labute approximate surface area is 148 Å². The molecule has 24 heavy (non-hydrogen) atoms. The molecule has 136 valence electrons. The van der Waals surface area contributed by atoms with Crippen molar-refractivity contribution >= 4 is 0 Å². The molecule has 0 aliphatic carbocycles. The van der Waals surface area contributed by atoms with Gasteiger partial charge in [-0.2, -0.15) is 0 Å². The Morgan fingerprint density at radius 1 is 1.25 bits per heavy atom. The molecule has 1 saturated heterocycles. The van der Waals surface area contributed by atoms with Crippen LogP contribution in [0.4, 0.5) is 0 Å². The second-order valence-electron chi connectivity index (χ2n) is 7.98. The van der Waals surface area contributed by atoms with Crippen LogP contribution in [-0.4, -0.2) is 25.9 Å². The van der Waals surface area contributed by atoms with E-state index in [1.54, 1.807) is 7.11 Å². The molecule has 1 aliphatic rings. The topological polar surface area (TPSA) is 35.1 Å². The predicted molar refractivity (Wildman–Crippen MR) is 99.3 cm³/mol. The summed E-state index contributed by atoms with van der Waals surface area (Å²) in [6.07, 6.45) is 4.79. The first-order chi connectivity index (χ1) is 11.4. The third kappa shape index (κ3) is 4.73. The van der Waals surface area contributed by atoms with E-state index in [2.05, 4.69) is 45.1 Å². The minimum Gasteiger partial charge on any atom is -0.497 e. The average molecular weight is 335 g/mol. The second kappa shape index (κ2) is 8.35. The molecule has 0 unspecified atom stereocenters. The highest BCUT2D eigenvalue weighted by Crippen LogP contribution is 2.47. The maximum absolute atomic E-state index is 6.10. The predicted octanol–water partition coefficient (Wildman–Crippen LogP) is 3.77. The standard InChI is InChI=1S/C21H35NO2/c1-6-20(4)16-21(17(2)3,12-14-24-20)11-13-22-15-18-7-9-19(23-5)10-8-18/h7-10,17,22H,6,11-16H2,1-5H3/p+1/t20-,21-/m1/s1. The second-order valence-corrected chi connectivity index (χ2v) is 7.98. The molecule has 1 aromatic carbocycles. The fourth-order valence-electron chi connectivity index (χ4n) is 4.03. The Morgan fingerprint density at radius 2 is 1.96 bits per heavy atom. The Kier molecular flexibility index (Phi) is 6.70. The van der Waals surface area contributed by atoms with Crippen molar-refractivity contribution in [3.05, 3.63) is 29.8 Å². The zero-order valence-electron chi connectivity index (χ0n) is 16.2. The van der Waals surface area contributed by atoms with Crippen molar-refractivity contribution < 1.29 is 14.8 Å². The quantitative estimate of drug-likeness (QED) is 0.735. The molecule has 2 atom stereocenters. The van der Waals surface area contributed by atoms with Crippen LogP contribution in [0.1, 0.15) is 58.9 Å². The third-order valence-corrected chi connectivity index (χ3v) is 6.13. The number of ether oxygens (including phenoxy) is 2. The molecule has 2 N–H and O–H groups in total. The monoisotopic (exact) mass is 334 g/mol. The Morgan fingerprint density at radius 3 is 2.54 bits per heavy atom. The summed E-state index contributed by atoms with van der Waals surface area (Å²) in [5.41, 5.74) is 1.86. The molecule has 1 aromatic rings. The van der Waals surface area contributed by atoms with Gasteiger partial charge in [-0.25, -0.2) is 0 Å². The summed E-state index contributed by atoms with van der Waals surface area (Å²) in [4.78, 5) is 0. The molecule has 1 heterocycles. The summed E-state index contributed by atoms with van der Waals surface area (Å²) in [5.74, 6) is 1.64. The number of quaternary nitrogens is 1. The van der Waals surface area contributed by atoms with Crippen LogP contribution in [0, 0.1) is 11.3 Å². The summed E-state index contributed by atoms with van der Waals surface area (Å²) in [7, 11) is 1.71. The molecule has 0 aromatic heterocycles. The van der Waals surface area contributed by atoms with E-state index in [9.17, 15) is 0 Å². The van der Waals surface area contributed by atoms with Crippen molar-refractivity contribution in [3.63, 3.8) is 0 Å². The molecule has 0 bridgehead atoms. The highest BCUT2D eigenvalue weighted by atomic mass is 16.5. The Bertz CT molecular complexity index is 499.